The van der Waals surface area contributed by atoms with E-state index < -0.39 is 10.0 Å². The largest absolute Gasteiger partial charge is 0.497 e. The van der Waals surface area contributed by atoms with Crippen LogP contribution in [0.25, 0.3) is 0 Å². The number of rotatable bonds is 3. The third kappa shape index (κ3) is 2.41. The summed E-state index contributed by atoms with van der Waals surface area (Å²) >= 11 is 0. The molecule has 0 spiro atoms. The van der Waals surface area contributed by atoms with E-state index >= 15 is 0 Å². The number of carbonyl (C=O) groups excluding carboxylic acids is 1. The Morgan fingerprint density at radius 3 is 2.76 bits per heavy atom. The number of ether oxygens (including phenoxy) is 1. The smallest absolute Gasteiger partial charge is 0.238 e. The highest BCUT2D eigenvalue weighted by atomic mass is 32.2. The molecule has 2 rings (SSSR count). The molecule has 17 heavy (non-hydrogen) atoms. The van der Waals surface area contributed by atoms with Gasteiger partial charge in [-0.1, -0.05) is 12.1 Å². The Morgan fingerprint density at radius 1 is 1.41 bits per heavy atom. The Bertz CT molecular complexity index is 538. The maximum Gasteiger partial charge on any atom is 0.238 e. The second kappa shape index (κ2) is 4.37. The molecule has 6 heteroatoms. The van der Waals surface area contributed by atoms with E-state index in [1.807, 2.05) is 0 Å². The standard InChI is InChI=1S/C11H13NO4S/c1-16-10-4-2-3-9(7-10)8-12-11(13)5-6-17(12,14)15/h2-4,7H,5-6,8H2,1H3. The summed E-state index contributed by atoms with van der Waals surface area (Å²) in [6.07, 6.45) is 0.0757. The van der Waals surface area contributed by atoms with Crippen molar-refractivity contribution in [2.75, 3.05) is 12.9 Å². The Balaban J connectivity index is 2.23. The van der Waals surface area contributed by atoms with E-state index in [9.17, 15) is 13.2 Å². The molecule has 1 aromatic rings. The second-order valence-corrected chi connectivity index (χ2v) is 5.83. The van der Waals surface area contributed by atoms with Crippen molar-refractivity contribution in [2.24, 2.45) is 0 Å². The fraction of sp³-hybridized carbons (Fsp3) is 0.364. The van der Waals surface area contributed by atoms with Crippen molar-refractivity contribution >= 4 is 15.9 Å². The molecule has 1 amide bonds. The lowest BCUT2D eigenvalue weighted by atomic mass is 10.2. The van der Waals surface area contributed by atoms with Crippen LogP contribution in [0.2, 0.25) is 0 Å². The third-order valence-electron chi connectivity index (χ3n) is 2.65. The van der Waals surface area contributed by atoms with Crippen molar-refractivity contribution in [1.29, 1.82) is 0 Å². The normalized spacial score (nSPS) is 18.4. The van der Waals surface area contributed by atoms with Gasteiger partial charge in [0.05, 0.1) is 19.4 Å². The highest BCUT2D eigenvalue weighted by Crippen LogP contribution is 2.20. The van der Waals surface area contributed by atoms with Gasteiger partial charge < -0.3 is 4.74 Å². The van der Waals surface area contributed by atoms with Crippen LogP contribution >= 0.6 is 0 Å². The van der Waals surface area contributed by atoms with Crippen LogP contribution in [0.5, 0.6) is 5.75 Å². The van der Waals surface area contributed by atoms with E-state index in [1.165, 1.54) is 7.11 Å². The minimum absolute atomic E-state index is 0.0757. The van der Waals surface area contributed by atoms with Gasteiger partial charge in [0.15, 0.2) is 0 Å². The zero-order chi connectivity index (χ0) is 12.5. The van der Waals surface area contributed by atoms with Crippen LogP contribution in [0, 0.1) is 0 Å². The number of benzene rings is 1. The SMILES string of the molecule is COc1cccc(CN2C(=O)CCS2(=O)=O)c1. The lowest BCUT2D eigenvalue weighted by Gasteiger charge is -2.15. The summed E-state index contributed by atoms with van der Waals surface area (Å²) in [5.74, 6) is 0.217. The molecule has 0 bridgehead atoms. The molecule has 0 radical (unpaired) electrons. The number of nitrogens with zero attached hydrogens (tertiary/aromatic N) is 1. The molecular weight excluding hydrogens is 242 g/mol. The van der Waals surface area contributed by atoms with Crippen LogP contribution in [0.15, 0.2) is 24.3 Å². The van der Waals surface area contributed by atoms with Gasteiger partial charge in [-0.25, -0.2) is 12.7 Å². The van der Waals surface area contributed by atoms with E-state index in [1.54, 1.807) is 24.3 Å². The van der Waals surface area contributed by atoms with Crippen molar-refractivity contribution in [3.05, 3.63) is 29.8 Å². The molecule has 1 aliphatic heterocycles. The monoisotopic (exact) mass is 255 g/mol. The van der Waals surface area contributed by atoms with E-state index in [2.05, 4.69) is 0 Å². The topological polar surface area (TPSA) is 63.7 Å². The summed E-state index contributed by atoms with van der Waals surface area (Å²) in [6.45, 7) is 0.0817. The zero-order valence-corrected chi connectivity index (χ0v) is 10.2. The molecule has 0 unspecified atom stereocenters. The predicted octanol–water partition coefficient (Wildman–Crippen LogP) is 0.757. The van der Waals surface area contributed by atoms with Crippen LogP contribution < -0.4 is 4.74 Å². The molecule has 1 fully saturated rings. The van der Waals surface area contributed by atoms with Gasteiger partial charge in [0.25, 0.3) is 0 Å². The quantitative estimate of drug-likeness (QED) is 0.799. The van der Waals surface area contributed by atoms with Crippen LogP contribution in [-0.4, -0.2) is 31.5 Å². The molecule has 0 atom stereocenters. The maximum absolute atomic E-state index is 11.6. The number of amides is 1. The van der Waals surface area contributed by atoms with E-state index in [0.29, 0.717) is 5.75 Å². The van der Waals surface area contributed by atoms with Gasteiger partial charge in [0.2, 0.25) is 15.9 Å². The van der Waals surface area contributed by atoms with Gasteiger partial charge in [-0.05, 0) is 17.7 Å². The van der Waals surface area contributed by atoms with E-state index in [0.717, 1.165) is 9.87 Å². The molecule has 5 nitrogen and oxygen atoms in total. The highest BCUT2D eigenvalue weighted by molar-refractivity contribution is 7.90. The van der Waals surface area contributed by atoms with Gasteiger partial charge in [-0.2, -0.15) is 0 Å². The van der Waals surface area contributed by atoms with Crippen molar-refractivity contribution in [3.8, 4) is 5.75 Å². The molecule has 1 aliphatic rings. The number of sulfonamides is 1. The van der Waals surface area contributed by atoms with Crippen LogP contribution in [0.1, 0.15) is 12.0 Å². The summed E-state index contributed by atoms with van der Waals surface area (Å²) < 4.78 is 29.2. The average molecular weight is 255 g/mol. The molecule has 0 N–H and O–H groups in total. The minimum Gasteiger partial charge on any atom is -0.497 e. The Labute approximate surface area is 100 Å². The predicted molar refractivity (Wildman–Crippen MR) is 61.9 cm³/mol. The lowest BCUT2D eigenvalue weighted by Crippen LogP contribution is -2.28. The van der Waals surface area contributed by atoms with Crippen molar-refractivity contribution in [2.45, 2.75) is 13.0 Å². The number of carbonyl (C=O) groups is 1. The van der Waals surface area contributed by atoms with Crippen molar-refractivity contribution < 1.29 is 17.9 Å². The Kier molecular flexibility index (Phi) is 3.06. The molecule has 1 aromatic carbocycles. The molecular formula is C11H13NO4S. The van der Waals surface area contributed by atoms with Gasteiger partial charge >= 0.3 is 0 Å². The van der Waals surface area contributed by atoms with Gasteiger partial charge in [-0.15, -0.1) is 0 Å². The van der Waals surface area contributed by atoms with Crippen LogP contribution in [0.3, 0.4) is 0 Å². The molecule has 92 valence electrons. The lowest BCUT2D eigenvalue weighted by molar-refractivity contribution is -0.125. The first kappa shape index (κ1) is 11.9. The van der Waals surface area contributed by atoms with Crippen LogP contribution in [-0.2, 0) is 21.4 Å². The maximum atomic E-state index is 11.6. The number of hydrogen-bond acceptors (Lipinski definition) is 4. The third-order valence-corrected chi connectivity index (χ3v) is 4.37. The first-order chi connectivity index (χ1) is 8.03. The zero-order valence-electron chi connectivity index (χ0n) is 9.42. The summed E-state index contributed by atoms with van der Waals surface area (Å²) in [7, 11) is -1.87. The first-order valence-electron chi connectivity index (χ1n) is 5.19. The second-order valence-electron chi connectivity index (χ2n) is 3.82. The van der Waals surface area contributed by atoms with Gasteiger partial charge in [0.1, 0.15) is 5.75 Å². The number of methoxy groups -OCH3 is 1. The van der Waals surface area contributed by atoms with E-state index in [4.69, 9.17) is 4.74 Å². The first-order valence-corrected chi connectivity index (χ1v) is 6.80. The minimum atomic E-state index is -3.41. The fourth-order valence-electron chi connectivity index (χ4n) is 1.73. The molecule has 1 saturated heterocycles. The van der Waals surface area contributed by atoms with Crippen molar-refractivity contribution in [3.63, 3.8) is 0 Å². The molecule has 0 aliphatic carbocycles. The summed E-state index contributed by atoms with van der Waals surface area (Å²) in [5.41, 5.74) is 0.739. The van der Waals surface area contributed by atoms with Crippen molar-refractivity contribution in [1.82, 2.24) is 4.31 Å². The Morgan fingerprint density at radius 2 is 2.18 bits per heavy atom. The highest BCUT2D eigenvalue weighted by Gasteiger charge is 2.34. The van der Waals surface area contributed by atoms with Crippen LogP contribution in [0.4, 0.5) is 0 Å². The number of hydrogen-bond donors (Lipinski definition) is 0. The van der Waals surface area contributed by atoms with Gasteiger partial charge in [0, 0.05) is 6.42 Å². The summed E-state index contributed by atoms with van der Waals surface area (Å²) in [5, 5.41) is 0. The molecule has 0 aromatic heterocycles. The van der Waals surface area contributed by atoms with E-state index in [-0.39, 0.29) is 24.6 Å². The fourth-order valence-corrected chi connectivity index (χ4v) is 3.13. The summed E-state index contributed by atoms with van der Waals surface area (Å²) in [6, 6.07) is 7.02. The molecule has 0 saturated carbocycles. The molecule has 1 heterocycles. The Hall–Kier alpha value is -1.56. The average Bonchev–Trinajstić information content (AvgIpc) is 2.56. The summed E-state index contributed by atoms with van der Waals surface area (Å²) in [4.78, 5) is 11.5. The van der Waals surface area contributed by atoms with Gasteiger partial charge in [-0.3, -0.25) is 4.79 Å².